The van der Waals surface area contributed by atoms with Gasteiger partial charge in [0.2, 0.25) is 5.95 Å². The molecule has 1 aromatic heterocycles. The van der Waals surface area contributed by atoms with Crippen LogP contribution in [0.3, 0.4) is 0 Å². The van der Waals surface area contributed by atoms with Gasteiger partial charge in [-0.15, -0.1) is 0 Å². The maximum absolute atomic E-state index is 12.5. The van der Waals surface area contributed by atoms with Crippen molar-refractivity contribution in [1.82, 2.24) is 9.97 Å². The van der Waals surface area contributed by atoms with E-state index in [1.165, 1.54) is 0 Å². The summed E-state index contributed by atoms with van der Waals surface area (Å²) >= 11 is 0. The summed E-state index contributed by atoms with van der Waals surface area (Å²) in [7, 11) is 0. The van der Waals surface area contributed by atoms with Crippen LogP contribution in [0.4, 0.5) is 5.95 Å². The molecule has 3 aromatic rings. The van der Waals surface area contributed by atoms with E-state index in [1.807, 2.05) is 61.5 Å². The zero-order valence-electron chi connectivity index (χ0n) is 15.1. The molecule has 4 rings (SSSR count). The Labute approximate surface area is 157 Å². The fourth-order valence-electron chi connectivity index (χ4n) is 3.08. The number of aryl methyl sites for hydroxylation is 1. The van der Waals surface area contributed by atoms with Gasteiger partial charge in [0.15, 0.2) is 11.5 Å². The molecule has 0 saturated carbocycles. The highest BCUT2D eigenvalue weighted by molar-refractivity contribution is 5.41. The molecule has 2 aromatic carbocycles. The quantitative estimate of drug-likeness (QED) is 0.729. The maximum Gasteiger partial charge on any atom is 0.256 e. The first kappa shape index (κ1) is 17.1. The number of hydrogen-bond donors (Lipinski definition) is 2. The molecule has 0 aliphatic carbocycles. The number of para-hydroxylation sites is 2. The molecule has 0 spiro atoms. The third kappa shape index (κ3) is 3.95. The van der Waals surface area contributed by atoms with Gasteiger partial charge in [-0.3, -0.25) is 9.78 Å². The Kier molecular flexibility index (Phi) is 4.78. The molecule has 27 heavy (non-hydrogen) atoms. The number of fused-ring (bicyclic) bond motifs is 1. The van der Waals surface area contributed by atoms with Crippen LogP contribution < -0.4 is 20.3 Å². The van der Waals surface area contributed by atoms with Crippen LogP contribution in [0, 0.1) is 6.92 Å². The third-order valence-electron chi connectivity index (χ3n) is 4.51. The normalized spacial score (nSPS) is 15.4. The monoisotopic (exact) mass is 363 g/mol. The summed E-state index contributed by atoms with van der Waals surface area (Å²) in [6, 6.07) is 17.5. The van der Waals surface area contributed by atoms with Crippen molar-refractivity contribution in [1.29, 1.82) is 0 Å². The molecule has 2 heterocycles. The molecule has 0 amide bonds. The molecular weight excluding hydrogens is 342 g/mol. The molecule has 2 N–H and O–H groups in total. The average molecular weight is 363 g/mol. The summed E-state index contributed by atoms with van der Waals surface area (Å²) in [6.45, 7) is 2.78. The lowest BCUT2D eigenvalue weighted by Gasteiger charge is -2.26. The predicted molar refractivity (Wildman–Crippen MR) is 104 cm³/mol. The number of nitrogens with one attached hydrogen (secondary N) is 2. The van der Waals surface area contributed by atoms with Gasteiger partial charge in [-0.2, -0.15) is 0 Å². The Morgan fingerprint density at radius 2 is 1.85 bits per heavy atom. The van der Waals surface area contributed by atoms with Gasteiger partial charge in [-0.25, -0.2) is 4.98 Å². The van der Waals surface area contributed by atoms with Crippen molar-refractivity contribution in [3.8, 4) is 11.5 Å². The Hall–Kier alpha value is -3.28. The van der Waals surface area contributed by atoms with Crippen LogP contribution in [-0.2, 0) is 6.42 Å². The van der Waals surface area contributed by atoms with Gasteiger partial charge in [0, 0.05) is 12.0 Å². The van der Waals surface area contributed by atoms with E-state index in [0.29, 0.717) is 31.1 Å². The van der Waals surface area contributed by atoms with E-state index in [2.05, 4.69) is 15.3 Å². The fraction of sp³-hybridized carbons (Fsp3) is 0.238. The minimum atomic E-state index is -0.158. The second-order valence-electron chi connectivity index (χ2n) is 6.52. The van der Waals surface area contributed by atoms with Crippen molar-refractivity contribution < 1.29 is 9.47 Å². The maximum atomic E-state index is 12.5. The minimum absolute atomic E-state index is 0.125. The molecular formula is C21H21N3O3. The van der Waals surface area contributed by atoms with Gasteiger partial charge < -0.3 is 14.8 Å². The van der Waals surface area contributed by atoms with Crippen LogP contribution in [-0.4, -0.2) is 29.2 Å². The highest BCUT2D eigenvalue weighted by Gasteiger charge is 2.20. The second kappa shape index (κ2) is 7.53. The van der Waals surface area contributed by atoms with E-state index in [0.717, 1.165) is 22.8 Å². The number of anilines is 1. The van der Waals surface area contributed by atoms with E-state index in [-0.39, 0.29) is 11.7 Å². The van der Waals surface area contributed by atoms with Gasteiger partial charge in [0.1, 0.15) is 12.7 Å². The minimum Gasteiger partial charge on any atom is -0.486 e. The van der Waals surface area contributed by atoms with Crippen molar-refractivity contribution in [2.45, 2.75) is 19.4 Å². The predicted octanol–water partition coefficient (Wildman–Crippen LogP) is 2.92. The SMILES string of the molecule is Cc1nc(NCC2COc3ccccc3O2)[nH]c(=O)c1Cc1ccccc1. The van der Waals surface area contributed by atoms with Gasteiger partial charge >= 0.3 is 0 Å². The van der Waals surface area contributed by atoms with Crippen molar-refractivity contribution >= 4 is 5.95 Å². The Balaban J connectivity index is 1.42. The zero-order valence-corrected chi connectivity index (χ0v) is 15.1. The lowest BCUT2D eigenvalue weighted by atomic mass is 10.1. The van der Waals surface area contributed by atoms with E-state index in [4.69, 9.17) is 9.47 Å². The van der Waals surface area contributed by atoms with Crippen LogP contribution in [0.2, 0.25) is 0 Å². The van der Waals surface area contributed by atoms with E-state index < -0.39 is 0 Å². The Bertz CT molecular complexity index is 985. The Morgan fingerprint density at radius 1 is 1.11 bits per heavy atom. The van der Waals surface area contributed by atoms with Crippen LogP contribution in [0.5, 0.6) is 11.5 Å². The van der Waals surface area contributed by atoms with Crippen LogP contribution in [0.15, 0.2) is 59.4 Å². The summed E-state index contributed by atoms with van der Waals surface area (Å²) < 4.78 is 11.6. The highest BCUT2D eigenvalue weighted by atomic mass is 16.6. The number of hydrogen-bond acceptors (Lipinski definition) is 5. The number of rotatable bonds is 5. The molecule has 1 atom stereocenters. The third-order valence-corrected chi connectivity index (χ3v) is 4.51. The first-order chi connectivity index (χ1) is 13.2. The summed E-state index contributed by atoms with van der Waals surface area (Å²) in [4.78, 5) is 19.8. The number of aromatic nitrogens is 2. The average Bonchev–Trinajstić information content (AvgIpc) is 2.70. The number of ether oxygens (including phenoxy) is 2. The summed E-state index contributed by atoms with van der Waals surface area (Å²) in [6.07, 6.45) is 0.403. The lowest BCUT2D eigenvalue weighted by molar-refractivity contribution is 0.0996. The largest absolute Gasteiger partial charge is 0.486 e. The molecule has 1 aliphatic heterocycles. The van der Waals surface area contributed by atoms with Crippen LogP contribution >= 0.6 is 0 Å². The number of benzene rings is 2. The molecule has 6 nitrogen and oxygen atoms in total. The molecule has 1 aliphatic rings. The smallest absolute Gasteiger partial charge is 0.256 e. The molecule has 0 radical (unpaired) electrons. The standard InChI is InChI=1S/C21H21N3O3/c1-14-17(11-15-7-3-2-4-8-15)20(25)24-21(23-14)22-12-16-13-26-18-9-5-6-10-19(18)27-16/h2-10,16H,11-13H2,1H3,(H2,22,23,24,25). The van der Waals surface area contributed by atoms with Gasteiger partial charge in [-0.1, -0.05) is 42.5 Å². The first-order valence-electron chi connectivity index (χ1n) is 8.95. The molecule has 0 saturated heterocycles. The van der Waals surface area contributed by atoms with E-state index >= 15 is 0 Å². The number of aromatic amines is 1. The fourth-order valence-corrected chi connectivity index (χ4v) is 3.08. The summed E-state index contributed by atoms with van der Waals surface area (Å²) in [5.41, 5.74) is 2.36. The van der Waals surface area contributed by atoms with Crippen molar-refractivity contribution in [3.63, 3.8) is 0 Å². The second-order valence-corrected chi connectivity index (χ2v) is 6.52. The van der Waals surface area contributed by atoms with Crippen molar-refractivity contribution in [2.24, 2.45) is 0 Å². The number of nitrogens with zero attached hydrogens (tertiary/aromatic N) is 1. The highest BCUT2D eigenvalue weighted by Crippen LogP contribution is 2.30. The number of H-pyrrole nitrogens is 1. The molecule has 138 valence electrons. The van der Waals surface area contributed by atoms with Crippen molar-refractivity contribution in [3.05, 3.63) is 81.8 Å². The molecule has 0 bridgehead atoms. The topological polar surface area (TPSA) is 76.2 Å². The molecule has 1 unspecified atom stereocenters. The van der Waals surface area contributed by atoms with Crippen LogP contribution in [0.1, 0.15) is 16.8 Å². The van der Waals surface area contributed by atoms with E-state index in [1.54, 1.807) is 0 Å². The zero-order chi connectivity index (χ0) is 18.6. The summed E-state index contributed by atoms with van der Waals surface area (Å²) in [5, 5.41) is 3.15. The molecule has 0 fully saturated rings. The summed E-state index contributed by atoms with van der Waals surface area (Å²) in [5.74, 6) is 1.92. The van der Waals surface area contributed by atoms with Crippen molar-refractivity contribution in [2.75, 3.05) is 18.5 Å². The first-order valence-corrected chi connectivity index (χ1v) is 8.95. The van der Waals surface area contributed by atoms with Gasteiger partial charge in [0.05, 0.1) is 12.2 Å². The van der Waals surface area contributed by atoms with Gasteiger partial charge in [0.25, 0.3) is 5.56 Å². The lowest BCUT2D eigenvalue weighted by Crippen LogP contribution is -2.36. The molecule has 6 heteroatoms. The Morgan fingerprint density at radius 3 is 2.63 bits per heavy atom. The van der Waals surface area contributed by atoms with Crippen LogP contribution in [0.25, 0.3) is 0 Å². The van der Waals surface area contributed by atoms with E-state index in [9.17, 15) is 4.79 Å². The van der Waals surface area contributed by atoms with Gasteiger partial charge in [-0.05, 0) is 24.6 Å².